The van der Waals surface area contributed by atoms with Gasteiger partial charge in [0.15, 0.2) is 0 Å². The van der Waals surface area contributed by atoms with Crippen LogP contribution in [0.4, 0.5) is 0 Å². The molecule has 1 aromatic heterocycles. The van der Waals surface area contributed by atoms with E-state index >= 15 is 0 Å². The third kappa shape index (κ3) is 3.19. The summed E-state index contributed by atoms with van der Waals surface area (Å²) in [7, 11) is 0. The van der Waals surface area contributed by atoms with E-state index in [1.807, 2.05) is 48.7 Å². The highest BCUT2D eigenvalue weighted by Gasteiger charge is 2.08. The molecule has 2 aromatic carbocycles. The highest BCUT2D eigenvalue weighted by molar-refractivity contribution is 5.83. The zero-order valence-corrected chi connectivity index (χ0v) is 12.6. The molecule has 3 heteroatoms. The van der Waals surface area contributed by atoms with E-state index in [-0.39, 0.29) is 5.97 Å². The molecule has 0 radical (unpaired) electrons. The van der Waals surface area contributed by atoms with Gasteiger partial charge < -0.3 is 9.72 Å². The van der Waals surface area contributed by atoms with Crippen molar-refractivity contribution in [3.8, 4) is 5.75 Å². The van der Waals surface area contributed by atoms with Gasteiger partial charge in [0.2, 0.25) is 0 Å². The second-order valence-corrected chi connectivity index (χ2v) is 5.33. The van der Waals surface area contributed by atoms with E-state index in [2.05, 4.69) is 18.0 Å². The number of hydrogen-bond acceptors (Lipinski definition) is 2. The maximum absolute atomic E-state index is 12.0. The normalized spacial score (nSPS) is 10.8. The molecule has 3 nitrogen and oxygen atoms in total. The van der Waals surface area contributed by atoms with Gasteiger partial charge in [-0.25, -0.2) is 0 Å². The molecule has 0 aliphatic rings. The van der Waals surface area contributed by atoms with Gasteiger partial charge in [-0.15, -0.1) is 0 Å². The Morgan fingerprint density at radius 2 is 1.86 bits per heavy atom. The summed E-state index contributed by atoms with van der Waals surface area (Å²) in [4.78, 5) is 15.2. The maximum Gasteiger partial charge on any atom is 0.311 e. The van der Waals surface area contributed by atoms with E-state index < -0.39 is 0 Å². The number of carbonyl (C=O) groups excluding carboxylic acids is 1. The smallest absolute Gasteiger partial charge is 0.311 e. The van der Waals surface area contributed by atoms with E-state index in [0.717, 1.165) is 17.5 Å². The number of ether oxygens (including phenoxy) is 1. The van der Waals surface area contributed by atoms with E-state index in [1.165, 1.54) is 10.9 Å². The Morgan fingerprint density at radius 1 is 1.09 bits per heavy atom. The van der Waals surface area contributed by atoms with E-state index in [4.69, 9.17) is 4.74 Å². The van der Waals surface area contributed by atoms with Crippen LogP contribution in [0.15, 0.2) is 54.7 Å². The standard InChI is InChI=1S/C19H19NO2/c1-2-14-7-10-16(11-8-14)22-19(21)12-9-15-13-20-18-6-4-3-5-17(15)18/h3-8,10-11,13,20H,2,9,12H2,1H3. The topological polar surface area (TPSA) is 42.1 Å². The Kier molecular flexibility index (Phi) is 4.24. The third-order valence-corrected chi connectivity index (χ3v) is 3.84. The van der Waals surface area contributed by atoms with Gasteiger partial charge >= 0.3 is 5.97 Å². The Hall–Kier alpha value is -2.55. The lowest BCUT2D eigenvalue weighted by Crippen LogP contribution is -2.08. The van der Waals surface area contributed by atoms with Crippen LogP contribution in [0.2, 0.25) is 0 Å². The van der Waals surface area contributed by atoms with Crippen LogP contribution in [0.25, 0.3) is 10.9 Å². The van der Waals surface area contributed by atoms with Crippen molar-refractivity contribution in [2.45, 2.75) is 26.2 Å². The largest absolute Gasteiger partial charge is 0.427 e. The third-order valence-electron chi connectivity index (χ3n) is 3.84. The molecule has 3 rings (SSSR count). The van der Waals surface area contributed by atoms with Crippen molar-refractivity contribution in [2.24, 2.45) is 0 Å². The molecule has 0 atom stereocenters. The summed E-state index contributed by atoms with van der Waals surface area (Å²) in [6.45, 7) is 2.10. The second kappa shape index (κ2) is 6.48. The Balaban J connectivity index is 1.60. The molecule has 1 heterocycles. The summed E-state index contributed by atoms with van der Waals surface area (Å²) in [5, 5.41) is 1.17. The zero-order chi connectivity index (χ0) is 15.4. The van der Waals surface area contributed by atoms with Gasteiger partial charge in [-0.2, -0.15) is 0 Å². The number of nitrogens with one attached hydrogen (secondary N) is 1. The minimum absolute atomic E-state index is 0.200. The fourth-order valence-electron chi connectivity index (χ4n) is 2.55. The summed E-state index contributed by atoms with van der Waals surface area (Å²) in [6.07, 6.45) is 4.00. The van der Waals surface area contributed by atoms with E-state index in [0.29, 0.717) is 18.6 Å². The molecular formula is C19H19NO2. The Labute approximate surface area is 129 Å². The predicted molar refractivity (Wildman–Crippen MR) is 88.1 cm³/mol. The van der Waals surface area contributed by atoms with Gasteiger partial charge in [-0.3, -0.25) is 4.79 Å². The molecule has 3 aromatic rings. The van der Waals surface area contributed by atoms with Crippen molar-refractivity contribution in [1.29, 1.82) is 0 Å². The van der Waals surface area contributed by atoms with E-state index in [1.54, 1.807) is 0 Å². The number of rotatable bonds is 5. The molecule has 0 aliphatic heterocycles. The lowest BCUT2D eigenvalue weighted by Gasteiger charge is -2.05. The van der Waals surface area contributed by atoms with Crippen LogP contribution in [0.3, 0.4) is 0 Å². The minimum Gasteiger partial charge on any atom is -0.427 e. The van der Waals surface area contributed by atoms with Crippen LogP contribution in [-0.2, 0) is 17.6 Å². The number of benzene rings is 2. The minimum atomic E-state index is -0.200. The number of H-pyrrole nitrogens is 1. The zero-order valence-electron chi connectivity index (χ0n) is 12.6. The highest BCUT2D eigenvalue weighted by Crippen LogP contribution is 2.19. The molecule has 0 unspecified atom stereocenters. The van der Waals surface area contributed by atoms with Gasteiger partial charge in [0.1, 0.15) is 5.75 Å². The average molecular weight is 293 g/mol. The maximum atomic E-state index is 12.0. The van der Waals surface area contributed by atoms with Crippen molar-refractivity contribution in [3.05, 3.63) is 65.9 Å². The first-order chi connectivity index (χ1) is 10.8. The number of carbonyl (C=O) groups is 1. The predicted octanol–water partition coefficient (Wildman–Crippen LogP) is 4.27. The van der Waals surface area contributed by atoms with Gasteiger partial charge in [-0.05, 0) is 42.2 Å². The summed E-state index contributed by atoms with van der Waals surface area (Å²) in [5.41, 5.74) is 3.48. The number of hydrogen-bond donors (Lipinski definition) is 1. The molecule has 0 fully saturated rings. The SMILES string of the molecule is CCc1ccc(OC(=O)CCc2c[nH]c3ccccc23)cc1. The number of aromatic amines is 1. The lowest BCUT2D eigenvalue weighted by atomic mass is 10.1. The van der Waals surface area contributed by atoms with Crippen molar-refractivity contribution in [1.82, 2.24) is 4.98 Å². The highest BCUT2D eigenvalue weighted by atomic mass is 16.5. The molecular weight excluding hydrogens is 274 g/mol. The lowest BCUT2D eigenvalue weighted by molar-refractivity contribution is -0.134. The molecule has 0 bridgehead atoms. The summed E-state index contributed by atoms with van der Waals surface area (Å²) >= 11 is 0. The molecule has 112 valence electrons. The molecule has 0 amide bonds. The molecule has 0 spiro atoms. The average Bonchev–Trinajstić information content (AvgIpc) is 2.97. The van der Waals surface area contributed by atoms with Crippen molar-refractivity contribution >= 4 is 16.9 Å². The first kappa shape index (κ1) is 14.4. The Morgan fingerprint density at radius 3 is 2.64 bits per heavy atom. The van der Waals surface area contributed by atoms with Crippen molar-refractivity contribution in [2.75, 3.05) is 0 Å². The molecule has 1 N–H and O–H groups in total. The first-order valence-corrected chi connectivity index (χ1v) is 7.61. The molecule has 0 saturated heterocycles. The van der Waals surface area contributed by atoms with Crippen LogP contribution in [0, 0.1) is 0 Å². The van der Waals surface area contributed by atoms with Gasteiger partial charge in [-0.1, -0.05) is 37.3 Å². The second-order valence-electron chi connectivity index (χ2n) is 5.33. The fourth-order valence-corrected chi connectivity index (χ4v) is 2.55. The number of fused-ring (bicyclic) bond motifs is 1. The number of aryl methyl sites for hydroxylation is 2. The van der Waals surface area contributed by atoms with Crippen molar-refractivity contribution in [3.63, 3.8) is 0 Å². The Bertz CT molecular complexity index is 771. The van der Waals surface area contributed by atoms with Crippen LogP contribution in [0.5, 0.6) is 5.75 Å². The van der Waals surface area contributed by atoms with Crippen LogP contribution in [-0.4, -0.2) is 11.0 Å². The summed E-state index contributed by atoms with van der Waals surface area (Å²) in [6, 6.07) is 15.8. The van der Waals surface area contributed by atoms with Gasteiger partial charge in [0, 0.05) is 17.1 Å². The van der Waals surface area contributed by atoms with Crippen LogP contribution in [0.1, 0.15) is 24.5 Å². The number of para-hydroxylation sites is 1. The molecule has 22 heavy (non-hydrogen) atoms. The summed E-state index contributed by atoms with van der Waals surface area (Å²) in [5.74, 6) is 0.413. The van der Waals surface area contributed by atoms with E-state index in [9.17, 15) is 4.79 Å². The quantitative estimate of drug-likeness (QED) is 0.564. The summed E-state index contributed by atoms with van der Waals surface area (Å²) < 4.78 is 5.38. The fraction of sp³-hybridized carbons (Fsp3) is 0.211. The monoisotopic (exact) mass is 293 g/mol. The molecule has 0 aliphatic carbocycles. The van der Waals surface area contributed by atoms with Gasteiger partial charge in [0.05, 0.1) is 6.42 Å². The van der Waals surface area contributed by atoms with Crippen LogP contribution < -0.4 is 4.74 Å². The number of esters is 1. The number of aromatic nitrogens is 1. The van der Waals surface area contributed by atoms with Crippen LogP contribution >= 0.6 is 0 Å². The van der Waals surface area contributed by atoms with Gasteiger partial charge in [0.25, 0.3) is 0 Å². The first-order valence-electron chi connectivity index (χ1n) is 7.61. The van der Waals surface area contributed by atoms with Crippen molar-refractivity contribution < 1.29 is 9.53 Å². The molecule has 0 saturated carbocycles.